The van der Waals surface area contributed by atoms with Crippen molar-refractivity contribution in [2.45, 2.75) is 12.8 Å². The molecule has 0 aromatic rings. The number of carbonyl (C=O) groups is 2. The summed E-state index contributed by atoms with van der Waals surface area (Å²) >= 11 is 0. The lowest BCUT2D eigenvalue weighted by atomic mass is 10.5. The second-order valence-corrected chi connectivity index (χ2v) is 7.63. The summed E-state index contributed by atoms with van der Waals surface area (Å²) in [6, 6.07) is 0. The smallest absolute Gasteiger partial charge is 0.330 e. The molecule has 0 aromatic heterocycles. The molecule has 0 aromatic carbocycles. The zero-order chi connectivity index (χ0) is 17.9. The summed E-state index contributed by atoms with van der Waals surface area (Å²) in [5.41, 5.74) is 0. The average Bonchev–Trinajstić information content (AvgIpc) is 2.46. The van der Waals surface area contributed by atoms with Crippen LogP contribution in [-0.2, 0) is 42.9 Å². The van der Waals surface area contributed by atoms with Gasteiger partial charge in [0.25, 0.3) is 20.2 Å². The van der Waals surface area contributed by atoms with Crippen LogP contribution in [0.1, 0.15) is 12.8 Å². The molecule has 132 valence electrons. The summed E-state index contributed by atoms with van der Waals surface area (Å²) in [5, 5.41) is 0. The lowest BCUT2D eigenvalue weighted by Crippen LogP contribution is -2.21. The second-order valence-electron chi connectivity index (χ2n) is 4.04. The van der Waals surface area contributed by atoms with E-state index in [-0.39, 0.29) is 26.1 Å². The van der Waals surface area contributed by atoms with Crippen LogP contribution in [-0.4, -0.2) is 53.5 Å². The highest BCUT2D eigenvalue weighted by atomic mass is 32.3. The van der Waals surface area contributed by atoms with E-state index in [2.05, 4.69) is 26.3 Å². The maximum atomic E-state index is 11.5. The van der Waals surface area contributed by atoms with Crippen molar-refractivity contribution in [1.29, 1.82) is 0 Å². The number of rotatable bonds is 12. The van der Waals surface area contributed by atoms with Crippen molar-refractivity contribution in [3.05, 3.63) is 25.3 Å². The van der Waals surface area contributed by atoms with Crippen molar-refractivity contribution < 1.29 is 39.5 Å². The number of hydrogen-bond acceptors (Lipinski definition) is 9. The quantitative estimate of drug-likeness (QED) is 0.262. The molecule has 0 saturated carbocycles. The van der Waals surface area contributed by atoms with Gasteiger partial charge in [0.05, 0.1) is 24.7 Å². The Hall–Kier alpha value is -1.72. The van der Waals surface area contributed by atoms with Gasteiger partial charge in [-0.3, -0.25) is 0 Å². The molecule has 0 bridgehead atoms. The van der Waals surface area contributed by atoms with Crippen LogP contribution in [0.4, 0.5) is 0 Å². The van der Waals surface area contributed by atoms with Crippen LogP contribution < -0.4 is 0 Å². The van der Waals surface area contributed by atoms with Crippen LogP contribution in [0.15, 0.2) is 25.3 Å². The van der Waals surface area contributed by atoms with Gasteiger partial charge < -0.3 is 9.47 Å². The summed E-state index contributed by atoms with van der Waals surface area (Å²) in [6.45, 7) is 5.88. The molecule has 0 spiro atoms. The molecular formula is C12H18O9S2. The molecule has 23 heavy (non-hydrogen) atoms. The highest BCUT2D eigenvalue weighted by molar-refractivity contribution is 7.99. The van der Waals surface area contributed by atoms with Crippen molar-refractivity contribution in [3.8, 4) is 0 Å². The van der Waals surface area contributed by atoms with Crippen molar-refractivity contribution >= 4 is 32.2 Å². The highest BCUT2D eigenvalue weighted by Crippen LogP contribution is 2.06. The Morgan fingerprint density at radius 2 is 1.13 bits per heavy atom. The Balaban J connectivity index is 4.19. The largest absolute Gasteiger partial charge is 0.463 e. The van der Waals surface area contributed by atoms with Crippen LogP contribution in [0.2, 0.25) is 0 Å². The molecule has 9 nitrogen and oxygen atoms in total. The number of esters is 2. The zero-order valence-electron chi connectivity index (χ0n) is 12.3. The molecule has 0 aliphatic carbocycles. The van der Waals surface area contributed by atoms with Crippen LogP contribution >= 0.6 is 0 Å². The van der Waals surface area contributed by atoms with Gasteiger partial charge >= 0.3 is 11.9 Å². The summed E-state index contributed by atoms with van der Waals surface area (Å²) in [4.78, 5) is 21.4. The van der Waals surface area contributed by atoms with Gasteiger partial charge in [-0.05, 0) is 12.8 Å². The molecule has 0 radical (unpaired) electrons. The molecule has 0 aliphatic heterocycles. The predicted octanol–water partition coefficient (Wildman–Crippen LogP) is -0.0988. The van der Waals surface area contributed by atoms with E-state index in [0.717, 1.165) is 12.2 Å². The zero-order valence-corrected chi connectivity index (χ0v) is 13.9. The van der Waals surface area contributed by atoms with Gasteiger partial charge in [0.2, 0.25) is 0 Å². The first kappa shape index (κ1) is 21.3. The maximum absolute atomic E-state index is 11.5. The molecule has 0 amide bonds. The monoisotopic (exact) mass is 370 g/mol. The Bertz CT molecular complexity index is 575. The molecule has 0 aliphatic rings. The summed E-state index contributed by atoms with van der Waals surface area (Å²) in [6.07, 6.45) is 1.56. The fraction of sp³-hybridized carbons (Fsp3) is 0.500. The summed E-state index contributed by atoms with van der Waals surface area (Å²) < 4.78 is 59.2. The van der Waals surface area contributed by atoms with Gasteiger partial charge in [-0.2, -0.15) is 16.8 Å². The maximum Gasteiger partial charge on any atom is 0.330 e. The molecule has 0 heterocycles. The highest BCUT2D eigenvalue weighted by Gasteiger charge is 2.22. The normalized spacial score (nSPS) is 11.5. The third-order valence-electron chi connectivity index (χ3n) is 2.11. The first-order chi connectivity index (χ1) is 10.6. The van der Waals surface area contributed by atoms with Crippen molar-refractivity contribution in [3.63, 3.8) is 0 Å². The third kappa shape index (κ3) is 11.5. The lowest BCUT2D eigenvalue weighted by Gasteiger charge is -2.07. The molecule has 0 saturated heterocycles. The predicted molar refractivity (Wildman–Crippen MR) is 80.2 cm³/mol. The number of carbonyl (C=O) groups excluding carboxylic acids is 2. The SMILES string of the molecule is C=CC(=O)OCCCS(=O)(=O)OS(=O)(=O)CCCOC(=O)C=C. The average molecular weight is 370 g/mol. The summed E-state index contributed by atoms with van der Waals surface area (Å²) in [5.74, 6) is -2.71. The van der Waals surface area contributed by atoms with Crippen LogP contribution in [0.3, 0.4) is 0 Å². The topological polar surface area (TPSA) is 130 Å². The Labute approximate surface area is 135 Å². The minimum Gasteiger partial charge on any atom is -0.463 e. The molecule has 0 fully saturated rings. The molecule has 0 N–H and O–H groups in total. The van der Waals surface area contributed by atoms with Crippen molar-refractivity contribution in [2.75, 3.05) is 24.7 Å². The van der Waals surface area contributed by atoms with Gasteiger partial charge in [-0.1, -0.05) is 13.2 Å². The fourth-order valence-corrected chi connectivity index (χ4v) is 3.91. The fourth-order valence-electron chi connectivity index (χ4n) is 1.16. The Kier molecular flexibility index (Phi) is 9.37. The van der Waals surface area contributed by atoms with E-state index in [1.807, 2.05) is 0 Å². The minimum atomic E-state index is -4.33. The number of ether oxygens (including phenoxy) is 2. The van der Waals surface area contributed by atoms with Gasteiger partial charge in [0, 0.05) is 12.2 Å². The van der Waals surface area contributed by atoms with E-state index in [1.54, 1.807) is 0 Å². The summed E-state index contributed by atoms with van der Waals surface area (Å²) in [7, 11) is -8.66. The van der Waals surface area contributed by atoms with Crippen LogP contribution in [0.5, 0.6) is 0 Å². The van der Waals surface area contributed by atoms with Gasteiger partial charge in [0.15, 0.2) is 0 Å². The Morgan fingerprint density at radius 3 is 1.43 bits per heavy atom. The lowest BCUT2D eigenvalue weighted by molar-refractivity contribution is -0.138. The molecule has 11 heteroatoms. The van der Waals surface area contributed by atoms with Gasteiger partial charge in [-0.15, -0.1) is 3.63 Å². The van der Waals surface area contributed by atoms with Gasteiger partial charge in [-0.25, -0.2) is 9.59 Å². The van der Waals surface area contributed by atoms with Crippen LogP contribution in [0.25, 0.3) is 0 Å². The molecule has 0 unspecified atom stereocenters. The molecule has 0 rings (SSSR count). The molecule has 0 atom stereocenters. The van der Waals surface area contributed by atoms with Crippen LogP contribution in [0, 0.1) is 0 Å². The van der Waals surface area contributed by atoms with Crippen molar-refractivity contribution in [2.24, 2.45) is 0 Å². The van der Waals surface area contributed by atoms with Gasteiger partial charge in [0.1, 0.15) is 0 Å². The van der Waals surface area contributed by atoms with E-state index < -0.39 is 43.7 Å². The third-order valence-corrected chi connectivity index (χ3v) is 5.34. The van der Waals surface area contributed by atoms with E-state index in [4.69, 9.17) is 0 Å². The number of hydrogen-bond donors (Lipinski definition) is 0. The Morgan fingerprint density at radius 1 is 0.783 bits per heavy atom. The standard InChI is InChI=1S/C12H18O9S2/c1-3-11(13)19-7-5-9-22(15,16)21-23(17,18)10-6-8-20-12(14)4-2/h3-4H,1-2,5-10H2. The molecular weight excluding hydrogens is 352 g/mol. The first-order valence-electron chi connectivity index (χ1n) is 6.37. The second kappa shape index (κ2) is 10.1. The van der Waals surface area contributed by atoms with E-state index in [0.29, 0.717) is 0 Å². The minimum absolute atomic E-state index is 0.131. The first-order valence-corrected chi connectivity index (χ1v) is 9.52. The van der Waals surface area contributed by atoms with E-state index in [9.17, 15) is 26.4 Å². The van der Waals surface area contributed by atoms with E-state index >= 15 is 0 Å². The van der Waals surface area contributed by atoms with E-state index in [1.165, 1.54) is 0 Å². The van der Waals surface area contributed by atoms with Crippen molar-refractivity contribution in [1.82, 2.24) is 0 Å².